The van der Waals surface area contributed by atoms with E-state index in [1.165, 1.54) is 11.3 Å². The standard InChI is InChI=1S/C12H17N5OS/c1-8-14-9(2)17(16-8)6-4-5-13-12(18)11-7-19-10(3)15-11/h7H,4-6H2,1-3H3,(H,13,18). The van der Waals surface area contributed by atoms with Gasteiger partial charge in [-0.1, -0.05) is 0 Å². The van der Waals surface area contributed by atoms with Gasteiger partial charge in [0.25, 0.3) is 5.91 Å². The van der Waals surface area contributed by atoms with Crippen LogP contribution >= 0.6 is 11.3 Å². The second-order valence-electron chi connectivity index (χ2n) is 4.29. The molecule has 2 rings (SSSR count). The smallest absolute Gasteiger partial charge is 0.270 e. The molecule has 2 heterocycles. The van der Waals surface area contributed by atoms with Gasteiger partial charge in [0.15, 0.2) is 0 Å². The normalized spacial score (nSPS) is 10.7. The number of rotatable bonds is 5. The minimum atomic E-state index is -0.115. The van der Waals surface area contributed by atoms with Gasteiger partial charge in [-0.3, -0.25) is 9.48 Å². The molecule has 0 aliphatic carbocycles. The van der Waals surface area contributed by atoms with Gasteiger partial charge in [0, 0.05) is 18.5 Å². The van der Waals surface area contributed by atoms with Crippen molar-refractivity contribution in [3.63, 3.8) is 0 Å². The zero-order valence-corrected chi connectivity index (χ0v) is 12.1. The Morgan fingerprint density at radius 1 is 1.37 bits per heavy atom. The molecule has 7 heteroatoms. The Balaban J connectivity index is 1.75. The van der Waals surface area contributed by atoms with E-state index in [2.05, 4.69) is 20.4 Å². The monoisotopic (exact) mass is 279 g/mol. The van der Waals surface area contributed by atoms with E-state index >= 15 is 0 Å². The van der Waals surface area contributed by atoms with Crippen molar-refractivity contribution in [1.29, 1.82) is 0 Å². The Hall–Kier alpha value is -1.76. The van der Waals surface area contributed by atoms with E-state index in [9.17, 15) is 4.79 Å². The fourth-order valence-electron chi connectivity index (χ4n) is 1.76. The molecule has 0 saturated carbocycles. The summed E-state index contributed by atoms with van der Waals surface area (Å²) < 4.78 is 1.86. The number of carbonyl (C=O) groups is 1. The van der Waals surface area contributed by atoms with E-state index in [0.717, 1.165) is 29.6 Å². The number of thiazole rings is 1. The van der Waals surface area contributed by atoms with Crippen molar-refractivity contribution in [1.82, 2.24) is 25.1 Å². The Morgan fingerprint density at radius 2 is 2.16 bits per heavy atom. The number of nitrogens with zero attached hydrogens (tertiary/aromatic N) is 4. The third-order valence-electron chi connectivity index (χ3n) is 2.65. The molecule has 2 aromatic rings. The average Bonchev–Trinajstić information content (AvgIpc) is 2.91. The Labute approximate surface area is 115 Å². The summed E-state index contributed by atoms with van der Waals surface area (Å²) in [6.07, 6.45) is 0.818. The minimum Gasteiger partial charge on any atom is -0.351 e. The molecule has 0 spiro atoms. The fourth-order valence-corrected chi connectivity index (χ4v) is 2.36. The van der Waals surface area contributed by atoms with Crippen LogP contribution in [0.4, 0.5) is 0 Å². The number of nitrogens with one attached hydrogen (secondary N) is 1. The molecule has 19 heavy (non-hydrogen) atoms. The van der Waals surface area contributed by atoms with Crippen LogP contribution in [-0.2, 0) is 6.54 Å². The molecule has 0 aromatic carbocycles. The van der Waals surface area contributed by atoms with Crippen molar-refractivity contribution in [2.24, 2.45) is 0 Å². The van der Waals surface area contributed by atoms with E-state index in [4.69, 9.17) is 0 Å². The predicted octanol–water partition coefficient (Wildman–Crippen LogP) is 1.48. The summed E-state index contributed by atoms with van der Waals surface area (Å²) in [5, 5.41) is 9.80. The second kappa shape index (κ2) is 5.92. The number of hydrogen-bond donors (Lipinski definition) is 1. The highest BCUT2D eigenvalue weighted by Gasteiger charge is 2.08. The van der Waals surface area contributed by atoms with Crippen molar-refractivity contribution >= 4 is 17.2 Å². The lowest BCUT2D eigenvalue weighted by Gasteiger charge is -2.04. The summed E-state index contributed by atoms with van der Waals surface area (Å²) in [6.45, 7) is 7.04. The highest BCUT2D eigenvalue weighted by Crippen LogP contribution is 2.07. The Morgan fingerprint density at radius 3 is 2.74 bits per heavy atom. The quantitative estimate of drug-likeness (QED) is 0.841. The first kappa shape index (κ1) is 13.7. The first-order valence-corrected chi connectivity index (χ1v) is 7.02. The predicted molar refractivity (Wildman–Crippen MR) is 73.3 cm³/mol. The molecule has 6 nitrogen and oxygen atoms in total. The molecule has 0 radical (unpaired) electrons. The molecule has 0 unspecified atom stereocenters. The van der Waals surface area contributed by atoms with E-state index in [-0.39, 0.29) is 5.91 Å². The van der Waals surface area contributed by atoms with E-state index in [0.29, 0.717) is 12.2 Å². The number of carbonyl (C=O) groups excluding carboxylic acids is 1. The van der Waals surface area contributed by atoms with E-state index < -0.39 is 0 Å². The van der Waals surface area contributed by atoms with Crippen molar-refractivity contribution in [3.8, 4) is 0 Å². The maximum atomic E-state index is 11.7. The van der Waals surface area contributed by atoms with Crippen LogP contribution < -0.4 is 5.32 Å². The summed E-state index contributed by atoms with van der Waals surface area (Å²) in [4.78, 5) is 20.1. The van der Waals surface area contributed by atoms with Crippen LogP contribution in [0.3, 0.4) is 0 Å². The summed E-state index contributed by atoms with van der Waals surface area (Å²) in [5.74, 6) is 1.56. The fraction of sp³-hybridized carbons (Fsp3) is 0.500. The van der Waals surface area contributed by atoms with Crippen LogP contribution in [0.2, 0.25) is 0 Å². The molecular formula is C12H17N5OS. The summed E-state index contributed by atoms with van der Waals surface area (Å²) in [7, 11) is 0. The number of aromatic nitrogens is 4. The molecule has 1 N–H and O–H groups in total. The summed E-state index contributed by atoms with van der Waals surface area (Å²) in [5.41, 5.74) is 0.496. The van der Waals surface area contributed by atoms with Crippen LogP contribution in [0.1, 0.15) is 33.6 Å². The SMILES string of the molecule is Cc1nc(C)n(CCCNC(=O)c2csc(C)n2)n1. The largest absolute Gasteiger partial charge is 0.351 e. The maximum Gasteiger partial charge on any atom is 0.270 e. The Kier molecular flexibility index (Phi) is 4.26. The van der Waals surface area contributed by atoms with Gasteiger partial charge in [0.05, 0.1) is 5.01 Å². The number of amides is 1. The first-order chi connectivity index (χ1) is 9.06. The summed E-state index contributed by atoms with van der Waals surface area (Å²) in [6, 6.07) is 0. The third kappa shape index (κ3) is 3.60. The zero-order valence-electron chi connectivity index (χ0n) is 11.3. The first-order valence-electron chi connectivity index (χ1n) is 6.14. The molecule has 0 bridgehead atoms. The molecular weight excluding hydrogens is 262 g/mol. The van der Waals surface area contributed by atoms with E-state index in [1.807, 2.05) is 25.5 Å². The van der Waals surface area contributed by atoms with Gasteiger partial charge in [0.1, 0.15) is 17.3 Å². The van der Waals surface area contributed by atoms with Crippen LogP contribution in [0.15, 0.2) is 5.38 Å². The zero-order chi connectivity index (χ0) is 13.8. The van der Waals surface area contributed by atoms with E-state index in [1.54, 1.807) is 5.38 Å². The van der Waals surface area contributed by atoms with Crippen LogP contribution in [-0.4, -0.2) is 32.2 Å². The molecule has 0 fully saturated rings. The Bertz CT molecular complexity index is 574. The van der Waals surface area contributed by atoms with Crippen molar-refractivity contribution in [2.45, 2.75) is 33.7 Å². The molecule has 2 aromatic heterocycles. The highest BCUT2D eigenvalue weighted by molar-refractivity contribution is 7.09. The second-order valence-corrected chi connectivity index (χ2v) is 5.35. The van der Waals surface area contributed by atoms with Gasteiger partial charge in [0.2, 0.25) is 0 Å². The lowest BCUT2D eigenvalue weighted by atomic mass is 10.4. The molecule has 0 atom stereocenters. The van der Waals surface area contributed by atoms with Gasteiger partial charge in [-0.05, 0) is 27.2 Å². The molecule has 0 aliphatic rings. The molecule has 1 amide bonds. The van der Waals surface area contributed by atoms with Gasteiger partial charge < -0.3 is 5.32 Å². The number of aryl methyl sites for hydroxylation is 4. The topological polar surface area (TPSA) is 72.7 Å². The molecule has 0 saturated heterocycles. The van der Waals surface area contributed by atoms with Gasteiger partial charge in [-0.2, -0.15) is 5.10 Å². The summed E-state index contributed by atoms with van der Waals surface area (Å²) >= 11 is 1.48. The van der Waals surface area contributed by atoms with Gasteiger partial charge in [-0.25, -0.2) is 9.97 Å². The van der Waals surface area contributed by atoms with Crippen molar-refractivity contribution in [2.75, 3.05) is 6.54 Å². The molecule has 0 aliphatic heterocycles. The minimum absolute atomic E-state index is 0.115. The molecule has 102 valence electrons. The van der Waals surface area contributed by atoms with Crippen molar-refractivity contribution in [3.05, 3.63) is 27.7 Å². The van der Waals surface area contributed by atoms with Gasteiger partial charge >= 0.3 is 0 Å². The van der Waals surface area contributed by atoms with Crippen LogP contribution in [0.25, 0.3) is 0 Å². The number of hydrogen-bond acceptors (Lipinski definition) is 5. The third-order valence-corrected chi connectivity index (χ3v) is 3.42. The maximum absolute atomic E-state index is 11.7. The van der Waals surface area contributed by atoms with Crippen molar-refractivity contribution < 1.29 is 4.79 Å². The average molecular weight is 279 g/mol. The van der Waals surface area contributed by atoms with Crippen LogP contribution in [0.5, 0.6) is 0 Å². The lowest BCUT2D eigenvalue weighted by molar-refractivity contribution is 0.0948. The van der Waals surface area contributed by atoms with Gasteiger partial charge in [-0.15, -0.1) is 11.3 Å². The lowest BCUT2D eigenvalue weighted by Crippen LogP contribution is -2.25. The van der Waals surface area contributed by atoms with Crippen LogP contribution in [0, 0.1) is 20.8 Å². The highest BCUT2D eigenvalue weighted by atomic mass is 32.1.